The van der Waals surface area contributed by atoms with Gasteiger partial charge in [-0.3, -0.25) is 19.2 Å². The van der Waals surface area contributed by atoms with Gasteiger partial charge in [0.25, 0.3) is 0 Å². The average Bonchev–Trinajstić information content (AvgIpc) is 2.85. The van der Waals surface area contributed by atoms with Crippen LogP contribution in [-0.4, -0.2) is 68.1 Å². The van der Waals surface area contributed by atoms with E-state index in [1.54, 1.807) is 7.11 Å². The third-order valence-electron chi connectivity index (χ3n) is 6.51. The molecule has 0 spiro atoms. The molecule has 10 nitrogen and oxygen atoms in total. The Bertz CT molecular complexity index is 1040. The number of hydrogen-bond acceptors (Lipinski definition) is 10. The number of methoxy groups -OCH3 is 1. The summed E-state index contributed by atoms with van der Waals surface area (Å²) in [4.78, 5) is 47.7. The third-order valence-corrected chi connectivity index (χ3v) is 6.51. The molecule has 10 heteroatoms. The van der Waals surface area contributed by atoms with Crippen molar-refractivity contribution in [2.75, 3.05) is 13.7 Å². The first-order valence-corrected chi connectivity index (χ1v) is 12.7. The maximum atomic E-state index is 12.1. The zero-order valence-corrected chi connectivity index (χ0v) is 22.5. The second-order valence-electron chi connectivity index (χ2n) is 9.53. The zero-order chi connectivity index (χ0) is 27.8. The average molecular weight is 533 g/mol. The molecule has 2 aliphatic rings. The van der Waals surface area contributed by atoms with Crippen LogP contribution in [0.4, 0.5) is 0 Å². The molecule has 0 bridgehead atoms. The maximum Gasteiger partial charge on any atom is 0.303 e. The van der Waals surface area contributed by atoms with Gasteiger partial charge >= 0.3 is 23.9 Å². The number of rotatable bonds is 8. The Balaban J connectivity index is 1.99. The Labute approximate surface area is 222 Å². The molecule has 1 aromatic rings. The summed E-state index contributed by atoms with van der Waals surface area (Å²) >= 11 is 0. The van der Waals surface area contributed by atoms with Gasteiger partial charge in [0, 0.05) is 34.8 Å². The standard InChI is InChI=1S/C28H36O10/c1-16(29)34-15-24-26(35-17(2)30)28(37-19(4)32)27(36-18(3)31)25(38-24)22-8-6-7-21(14-22)13-20-9-11-23(33-5)12-10-20/h6-8,13-14,23-28H,9-12,15H2,1-5H3/t23?,24-,25+,26-,27+,28+/m1/s1. The summed E-state index contributed by atoms with van der Waals surface area (Å²) in [5.41, 5.74) is 2.89. The van der Waals surface area contributed by atoms with Crippen LogP contribution < -0.4 is 0 Å². The number of ether oxygens (including phenoxy) is 6. The fraction of sp³-hybridized carbons (Fsp3) is 0.571. The quantitative estimate of drug-likeness (QED) is 0.363. The molecule has 1 aromatic carbocycles. The van der Waals surface area contributed by atoms with Crippen LogP contribution in [0, 0.1) is 0 Å². The molecule has 1 saturated heterocycles. The maximum absolute atomic E-state index is 12.1. The molecule has 5 atom stereocenters. The second kappa shape index (κ2) is 13.5. The predicted octanol–water partition coefficient (Wildman–Crippen LogP) is 3.46. The van der Waals surface area contributed by atoms with Crippen molar-refractivity contribution in [2.24, 2.45) is 0 Å². The van der Waals surface area contributed by atoms with Gasteiger partial charge in [-0.2, -0.15) is 0 Å². The van der Waals surface area contributed by atoms with E-state index in [4.69, 9.17) is 28.4 Å². The summed E-state index contributed by atoms with van der Waals surface area (Å²) in [7, 11) is 1.73. The summed E-state index contributed by atoms with van der Waals surface area (Å²) in [5, 5.41) is 0. The van der Waals surface area contributed by atoms with Gasteiger partial charge < -0.3 is 28.4 Å². The molecule has 0 unspecified atom stereocenters. The predicted molar refractivity (Wildman–Crippen MR) is 135 cm³/mol. The fourth-order valence-corrected chi connectivity index (χ4v) is 4.90. The Morgan fingerprint density at radius 1 is 0.868 bits per heavy atom. The molecule has 1 aliphatic carbocycles. The Morgan fingerprint density at radius 2 is 1.47 bits per heavy atom. The highest BCUT2D eigenvalue weighted by Crippen LogP contribution is 2.38. The van der Waals surface area contributed by atoms with E-state index in [9.17, 15) is 19.2 Å². The summed E-state index contributed by atoms with van der Waals surface area (Å²) in [5.74, 6) is -2.52. The number of benzene rings is 1. The first kappa shape index (κ1) is 29.3. The first-order chi connectivity index (χ1) is 18.1. The van der Waals surface area contributed by atoms with Crippen LogP contribution in [0.3, 0.4) is 0 Å². The lowest BCUT2D eigenvalue weighted by atomic mass is 9.88. The van der Waals surface area contributed by atoms with E-state index in [-0.39, 0.29) is 12.7 Å². The van der Waals surface area contributed by atoms with Crippen molar-refractivity contribution in [3.8, 4) is 0 Å². The van der Waals surface area contributed by atoms with Crippen molar-refractivity contribution >= 4 is 30.0 Å². The highest BCUT2D eigenvalue weighted by Gasteiger charge is 2.52. The molecular formula is C28H36O10. The number of hydrogen-bond donors (Lipinski definition) is 0. The number of esters is 4. The Kier molecular flexibility index (Phi) is 10.4. The van der Waals surface area contributed by atoms with Crippen molar-refractivity contribution in [1.82, 2.24) is 0 Å². The zero-order valence-electron chi connectivity index (χ0n) is 22.5. The van der Waals surface area contributed by atoms with Gasteiger partial charge in [0.1, 0.15) is 18.8 Å². The highest BCUT2D eigenvalue weighted by atomic mass is 16.7. The van der Waals surface area contributed by atoms with E-state index < -0.39 is 54.4 Å². The van der Waals surface area contributed by atoms with Crippen molar-refractivity contribution in [3.63, 3.8) is 0 Å². The minimum absolute atomic E-state index is 0.265. The number of carbonyl (C=O) groups excluding carboxylic acids is 4. The van der Waals surface area contributed by atoms with Crippen molar-refractivity contribution in [1.29, 1.82) is 0 Å². The molecule has 0 amide bonds. The highest BCUT2D eigenvalue weighted by molar-refractivity contribution is 5.69. The van der Waals surface area contributed by atoms with Crippen molar-refractivity contribution < 1.29 is 47.6 Å². The number of allylic oxidation sites excluding steroid dienone is 1. The van der Waals surface area contributed by atoms with Crippen LogP contribution in [0.1, 0.15) is 70.6 Å². The van der Waals surface area contributed by atoms with Gasteiger partial charge in [-0.25, -0.2) is 0 Å². The summed E-state index contributed by atoms with van der Waals surface area (Å²) < 4.78 is 33.5. The third kappa shape index (κ3) is 8.13. The smallest absolute Gasteiger partial charge is 0.303 e. The van der Waals surface area contributed by atoms with Crippen LogP contribution in [0.5, 0.6) is 0 Å². The van der Waals surface area contributed by atoms with Crippen LogP contribution in [-0.2, 0) is 47.6 Å². The minimum atomic E-state index is -1.20. The molecule has 208 valence electrons. The van der Waals surface area contributed by atoms with E-state index >= 15 is 0 Å². The lowest BCUT2D eigenvalue weighted by Gasteiger charge is -2.44. The SMILES string of the molecule is COC1CCC(=Cc2cccc([C@@H]3O[C@H](COC(C)=O)[C@@H](OC(C)=O)[C@H](OC(C)=O)[C@H]3OC(C)=O)c2)CC1. The van der Waals surface area contributed by atoms with Crippen LogP contribution >= 0.6 is 0 Å². The van der Waals surface area contributed by atoms with Crippen LogP contribution in [0.25, 0.3) is 6.08 Å². The molecule has 1 heterocycles. The van der Waals surface area contributed by atoms with Gasteiger partial charge in [0.2, 0.25) is 0 Å². The van der Waals surface area contributed by atoms with E-state index in [1.165, 1.54) is 33.3 Å². The summed E-state index contributed by atoms with van der Waals surface area (Å²) in [6.07, 6.45) is 0.774. The molecule has 3 rings (SSSR count). The number of carbonyl (C=O) groups is 4. The minimum Gasteiger partial charge on any atom is -0.463 e. The van der Waals surface area contributed by atoms with Crippen molar-refractivity contribution in [2.45, 2.75) is 90.0 Å². The van der Waals surface area contributed by atoms with E-state index in [0.29, 0.717) is 5.56 Å². The lowest BCUT2D eigenvalue weighted by molar-refractivity contribution is -0.254. The molecule has 0 aromatic heterocycles. The Hall–Kier alpha value is -3.24. The monoisotopic (exact) mass is 532 g/mol. The molecule has 0 N–H and O–H groups in total. The van der Waals surface area contributed by atoms with Crippen molar-refractivity contribution in [3.05, 3.63) is 41.0 Å². The molecule has 0 radical (unpaired) electrons. The molecule has 1 aliphatic heterocycles. The van der Waals surface area contributed by atoms with E-state index in [1.807, 2.05) is 24.3 Å². The topological polar surface area (TPSA) is 124 Å². The summed E-state index contributed by atoms with van der Waals surface area (Å²) in [6, 6.07) is 7.54. The van der Waals surface area contributed by atoms with Crippen LogP contribution in [0.2, 0.25) is 0 Å². The van der Waals surface area contributed by atoms with Gasteiger partial charge in [-0.1, -0.05) is 29.8 Å². The van der Waals surface area contributed by atoms with E-state index in [2.05, 4.69) is 6.08 Å². The normalized spacial score (nSPS) is 27.1. The summed E-state index contributed by atoms with van der Waals surface area (Å²) in [6.45, 7) is 4.59. The van der Waals surface area contributed by atoms with Gasteiger partial charge in [-0.15, -0.1) is 0 Å². The fourth-order valence-electron chi connectivity index (χ4n) is 4.90. The largest absolute Gasteiger partial charge is 0.463 e. The Morgan fingerprint density at radius 3 is 2.05 bits per heavy atom. The molecule has 1 saturated carbocycles. The molecular weight excluding hydrogens is 496 g/mol. The second-order valence-corrected chi connectivity index (χ2v) is 9.53. The van der Waals surface area contributed by atoms with Gasteiger partial charge in [0.05, 0.1) is 6.10 Å². The first-order valence-electron chi connectivity index (χ1n) is 12.7. The lowest BCUT2D eigenvalue weighted by Crippen LogP contribution is -2.59. The van der Waals surface area contributed by atoms with E-state index in [0.717, 1.165) is 31.2 Å². The van der Waals surface area contributed by atoms with Gasteiger partial charge in [-0.05, 0) is 42.9 Å². The van der Waals surface area contributed by atoms with Crippen LogP contribution in [0.15, 0.2) is 29.8 Å². The van der Waals surface area contributed by atoms with Gasteiger partial charge in [0.15, 0.2) is 18.3 Å². The molecule has 2 fully saturated rings. The molecule has 38 heavy (non-hydrogen) atoms.